The SMILES string of the molecule is O=C(c1cc2c(s1)CCC2)c1scc(Br)c1Br. The first-order chi connectivity index (χ1) is 8.16. The van der Waals surface area contributed by atoms with E-state index in [-0.39, 0.29) is 5.78 Å². The Morgan fingerprint density at radius 1 is 1.29 bits per heavy atom. The van der Waals surface area contributed by atoms with Crippen LogP contribution >= 0.6 is 54.5 Å². The van der Waals surface area contributed by atoms with Crippen molar-refractivity contribution in [3.8, 4) is 0 Å². The van der Waals surface area contributed by atoms with Crippen molar-refractivity contribution in [1.82, 2.24) is 0 Å². The highest BCUT2D eigenvalue weighted by Gasteiger charge is 2.22. The van der Waals surface area contributed by atoms with Crippen LogP contribution in [0.5, 0.6) is 0 Å². The topological polar surface area (TPSA) is 17.1 Å². The molecular weight excluding hydrogens is 384 g/mol. The Kier molecular flexibility index (Phi) is 3.28. The molecular formula is C12H8Br2OS2. The molecule has 2 aromatic heterocycles. The quantitative estimate of drug-likeness (QED) is 0.654. The van der Waals surface area contributed by atoms with Gasteiger partial charge in [0.2, 0.25) is 5.78 Å². The summed E-state index contributed by atoms with van der Waals surface area (Å²) < 4.78 is 1.83. The van der Waals surface area contributed by atoms with Gasteiger partial charge < -0.3 is 0 Å². The van der Waals surface area contributed by atoms with Gasteiger partial charge in [0.05, 0.1) is 14.2 Å². The fraction of sp³-hybridized carbons (Fsp3) is 0.250. The average Bonchev–Trinajstić information content (AvgIpc) is 2.94. The molecule has 0 aliphatic heterocycles. The number of carbonyl (C=O) groups excluding carboxylic acids is 1. The second-order valence-corrected chi connectivity index (χ2v) is 7.63. The third-order valence-electron chi connectivity index (χ3n) is 2.87. The van der Waals surface area contributed by atoms with Crippen molar-refractivity contribution in [1.29, 1.82) is 0 Å². The number of thiophene rings is 2. The van der Waals surface area contributed by atoms with Gasteiger partial charge in [-0.3, -0.25) is 4.79 Å². The van der Waals surface area contributed by atoms with Crippen LogP contribution in [-0.4, -0.2) is 5.78 Å². The van der Waals surface area contributed by atoms with E-state index in [0.717, 1.165) is 31.5 Å². The molecule has 17 heavy (non-hydrogen) atoms. The van der Waals surface area contributed by atoms with E-state index in [9.17, 15) is 4.79 Å². The fourth-order valence-corrected chi connectivity index (χ4v) is 5.40. The highest BCUT2D eigenvalue weighted by molar-refractivity contribution is 9.13. The molecule has 0 saturated carbocycles. The van der Waals surface area contributed by atoms with Gasteiger partial charge in [-0.15, -0.1) is 22.7 Å². The van der Waals surface area contributed by atoms with E-state index in [1.165, 1.54) is 28.2 Å². The molecule has 1 aliphatic carbocycles. The van der Waals surface area contributed by atoms with Crippen LogP contribution in [0, 0.1) is 0 Å². The van der Waals surface area contributed by atoms with Gasteiger partial charge in [0, 0.05) is 14.7 Å². The van der Waals surface area contributed by atoms with Gasteiger partial charge in [0.25, 0.3) is 0 Å². The second kappa shape index (κ2) is 4.61. The Morgan fingerprint density at radius 3 is 2.76 bits per heavy atom. The largest absolute Gasteiger partial charge is 0.287 e. The number of ketones is 1. The maximum atomic E-state index is 12.4. The summed E-state index contributed by atoms with van der Waals surface area (Å²) in [7, 11) is 0. The fourth-order valence-electron chi connectivity index (χ4n) is 2.03. The molecule has 88 valence electrons. The molecule has 0 saturated heterocycles. The van der Waals surface area contributed by atoms with E-state index in [0.29, 0.717) is 0 Å². The normalized spacial score (nSPS) is 14.0. The Balaban J connectivity index is 1.99. The molecule has 0 amide bonds. The first kappa shape index (κ1) is 12.1. The number of hydrogen-bond acceptors (Lipinski definition) is 3. The summed E-state index contributed by atoms with van der Waals surface area (Å²) in [6, 6.07) is 2.08. The summed E-state index contributed by atoms with van der Waals surface area (Å²) in [5, 5.41) is 1.94. The summed E-state index contributed by atoms with van der Waals surface area (Å²) in [4.78, 5) is 15.4. The van der Waals surface area contributed by atoms with Crippen LogP contribution in [-0.2, 0) is 12.8 Å². The third-order valence-corrected chi connectivity index (χ3v) is 7.63. The first-order valence-corrected chi connectivity index (χ1v) is 8.54. The van der Waals surface area contributed by atoms with Crippen LogP contribution in [0.25, 0.3) is 0 Å². The van der Waals surface area contributed by atoms with Gasteiger partial charge in [-0.05, 0) is 62.8 Å². The van der Waals surface area contributed by atoms with E-state index in [4.69, 9.17) is 0 Å². The Morgan fingerprint density at radius 2 is 2.12 bits per heavy atom. The number of rotatable bonds is 2. The van der Waals surface area contributed by atoms with Crippen LogP contribution in [0.2, 0.25) is 0 Å². The second-order valence-electron chi connectivity index (χ2n) is 3.97. The summed E-state index contributed by atoms with van der Waals surface area (Å²) in [6.07, 6.45) is 3.51. The lowest BCUT2D eigenvalue weighted by atomic mass is 10.2. The van der Waals surface area contributed by atoms with Gasteiger partial charge in [-0.25, -0.2) is 0 Å². The lowest BCUT2D eigenvalue weighted by Crippen LogP contribution is -1.96. The molecule has 3 rings (SSSR count). The Bertz CT molecular complexity index is 576. The molecule has 0 bridgehead atoms. The van der Waals surface area contributed by atoms with Gasteiger partial charge in [0.15, 0.2) is 0 Å². The molecule has 0 radical (unpaired) electrons. The van der Waals surface area contributed by atoms with E-state index in [1.807, 2.05) is 5.38 Å². The van der Waals surface area contributed by atoms with Crippen molar-refractivity contribution in [2.45, 2.75) is 19.3 Å². The van der Waals surface area contributed by atoms with Gasteiger partial charge in [-0.1, -0.05) is 0 Å². The Labute approximate surface area is 124 Å². The first-order valence-electron chi connectivity index (χ1n) is 5.25. The molecule has 0 fully saturated rings. The van der Waals surface area contributed by atoms with Crippen molar-refractivity contribution in [3.63, 3.8) is 0 Å². The summed E-state index contributed by atoms with van der Waals surface area (Å²) in [5.41, 5.74) is 1.38. The van der Waals surface area contributed by atoms with Gasteiger partial charge in [-0.2, -0.15) is 0 Å². The van der Waals surface area contributed by atoms with Crippen molar-refractivity contribution < 1.29 is 4.79 Å². The zero-order chi connectivity index (χ0) is 12.0. The van der Waals surface area contributed by atoms with E-state index in [1.54, 1.807) is 11.3 Å². The van der Waals surface area contributed by atoms with E-state index < -0.39 is 0 Å². The minimum atomic E-state index is 0.145. The van der Waals surface area contributed by atoms with Gasteiger partial charge in [0.1, 0.15) is 0 Å². The number of hydrogen-bond donors (Lipinski definition) is 0. The van der Waals surface area contributed by atoms with Crippen molar-refractivity contribution >= 4 is 60.3 Å². The van der Waals surface area contributed by atoms with Crippen LogP contribution in [0.3, 0.4) is 0 Å². The van der Waals surface area contributed by atoms with E-state index in [2.05, 4.69) is 37.9 Å². The minimum absolute atomic E-state index is 0.145. The monoisotopic (exact) mass is 390 g/mol. The number of fused-ring (bicyclic) bond motifs is 1. The Hall–Kier alpha value is 0.0300. The molecule has 2 aromatic rings. The lowest BCUT2D eigenvalue weighted by molar-refractivity contribution is 0.104. The smallest absolute Gasteiger partial charge is 0.214 e. The van der Waals surface area contributed by atoms with Crippen LogP contribution in [0.15, 0.2) is 20.4 Å². The standard InChI is InChI=1S/C12H8Br2OS2/c13-7-5-16-12(10(7)14)11(15)9-4-6-2-1-3-8(6)17-9/h4-5H,1-3H2. The van der Waals surface area contributed by atoms with Crippen LogP contribution < -0.4 is 0 Å². The highest BCUT2D eigenvalue weighted by atomic mass is 79.9. The highest BCUT2D eigenvalue weighted by Crippen LogP contribution is 2.37. The van der Waals surface area contributed by atoms with Crippen molar-refractivity contribution in [3.05, 3.63) is 40.6 Å². The molecule has 0 spiro atoms. The molecule has 1 aliphatic rings. The zero-order valence-corrected chi connectivity index (χ0v) is 13.6. The minimum Gasteiger partial charge on any atom is -0.287 e. The average molecular weight is 392 g/mol. The predicted octanol–water partition coefficient (Wildman–Crippen LogP) is 5.05. The summed E-state index contributed by atoms with van der Waals surface area (Å²) >= 11 is 10.0. The van der Waals surface area contributed by atoms with E-state index >= 15 is 0 Å². The molecule has 5 heteroatoms. The molecule has 2 heterocycles. The van der Waals surface area contributed by atoms with Crippen LogP contribution in [0.1, 0.15) is 31.4 Å². The summed E-state index contributed by atoms with van der Waals surface area (Å²) in [6.45, 7) is 0. The summed E-state index contributed by atoms with van der Waals surface area (Å²) in [5.74, 6) is 0.145. The zero-order valence-electron chi connectivity index (χ0n) is 8.76. The lowest BCUT2D eigenvalue weighted by Gasteiger charge is -1.95. The maximum Gasteiger partial charge on any atom is 0.214 e. The molecule has 0 atom stereocenters. The van der Waals surface area contributed by atoms with Crippen molar-refractivity contribution in [2.75, 3.05) is 0 Å². The molecule has 1 nitrogen and oxygen atoms in total. The number of halogens is 2. The number of carbonyl (C=O) groups is 1. The molecule has 0 N–H and O–H groups in total. The molecule has 0 aromatic carbocycles. The van der Waals surface area contributed by atoms with Gasteiger partial charge >= 0.3 is 0 Å². The number of aryl methyl sites for hydroxylation is 2. The van der Waals surface area contributed by atoms with Crippen LogP contribution in [0.4, 0.5) is 0 Å². The predicted molar refractivity (Wildman–Crippen MR) is 79.5 cm³/mol. The maximum absolute atomic E-state index is 12.4. The molecule has 0 unspecified atom stereocenters. The van der Waals surface area contributed by atoms with Crippen molar-refractivity contribution in [2.24, 2.45) is 0 Å². The third kappa shape index (κ3) is 2.07.